The van der Waals surface area contributed by atoms with E-state index in [2.05, 4.69) is 17.6 Å². The van der Waals surface area contributed by atoms with Gasteiger partial charge in [0.15, 0.2) is 0 Å². The quantitative estimate of drug-likeness (QED) is 0.625. The zero-order valence-corrected chi connectivity index (χ0v) is 9.39. The van der Waals surface area contributed by atoms with Crippen LogP contribution in [0.15, 0.2) is 0 Å². The molecule has 0 aromatic heterocycles. The summed E-state index contributed by atoms with van der Waals surface area (Å²) in [6, 6.07) is 0.758. The van der Waals surface area contributed by atoms with Crippen LogP contribution in [0.2, 0.25) is 0 Å². The van der Waals surface area contributed by atoms with Gasteiger partial charge in [0.2, 0.25) is 0 Å². The van der Waals surface area contributed by atoms with E-state index in [1.165, 1.54) is 38.6 Å². The molecule has 1 saturated carbocycles. The maximum atomic E-state index is 3.67. The van der Waals surface area contributed by atoms with Gasteiger partial charge in [-0.2, -0.15) is 0 Å². The molecule has 82 valence electrons. The number of hydrogen-bond donors (Lipinski definition) is 2. The van der Waals surface area contributed by atoms with Crippen molar-refractivity contribution < 1.29 is 0 Å². The molecule has 0 bridgehead atoms. The molecule has 0 aromatic carbocycles. The number of rotatable bonds is 1. The van der Waals surface area contributed by atoms with Gasteiger partial charge in [-0.05, 0) is 24.7 Å². The molecule has 2 heteroatoms. The van der Waals surface area contributed by atoms with Crippen LogP contribution in [0.3, 0.4) is 0 Å². The SMILES string of the molecule is CC1CCCC(C2CNCCN2)CC1. The minimum Gasteiger partial charge on any atom is -0.314 e. The van der Waals surface area contributed by atoms with Gasteiger partial charge in [-0.15, -0.1) is 0 Å². The highest BCUT2D eigenvalue weighted by Crippen LogP contribution is 2.29. The lowest BCUT2D eigenvalue weighted by atomic mass is 9.90. The summed E-state index contributed by atoms with van der Waals surface area (Å²) in [5.74, 6) is 1.91. The Morgan fingerprint density at radius 1 is 1.00 bits per heavy atom. The minimum absolute atomic E-state index is 0.758. The van der Waals surface area contributed by atoms with Crippen molar-refractivity contribution in [3.05, 3.63) is 0 Å². The van der Waals surface area contributed by atoms with Crippen LogP contribution in [-0.2, 0) is 0 Å². The Balaban J connectivity index is 1.83. The van der Waals surface area contributed by atoms with E-state index in [0.29, 0.717) is 0 Å². The van der Waals surface area contributed by atoms with Crippen molar-refractivity contribution in [1.82, 2.24) is 10.6 Å². The fraction of sp³-hybridized carbons (Fsp3) is 1.00. The number of nitrogens with one attached hydrogen (secondary N) is 2. The van der Waals surface area contributed by atoms with Crippen LogP contribution in [0.5, 0.6) is 0 Å². The van der Waals surface area contributed by atoms with Gasteiger partial charge in [0.1, 0.15) is 0 Å². The van der Waals surface area contributed by atoms with E-state index >= 15 is 0 Å². The standard InChI is InChI=1S/C12H24N2/c1-10-3-2-4-11(6-5-10)12-9-13-7-8-14-12/h10-14H,2-9H2,1H3. The molecule has 1 saturated heterocycles. The summed E-state index contributed by atoms with van der Waals surface area (Å²) in [4.78, 5) is 0. The molecular weight excluding hydrogens is 172 g/mol. The first-order valence-corrected chi connectivity index (χ1v) is 6.30. The fourth-order valence-corrected chi connectivity index (χ4v) is 2.93. The van der Waals surface area contributed by atoms with Crippen molar-refractivity contribution in [1.29, 1.82) is 0 Å². The monoisotopic (exact) mass is 196 g/mol. The van der Waals surface area contributed by atoms with Crippen LogP contribution in [0.1, 0.15) is 39.0 Å². The predicted octanol–water partition coefficient (Wildman–Crippen LogP) is 1.76. The minimum atomic E-state index is 0.758. The Morgan fingerprint density at radius 2 is 1.93 bits per heavy atom. The summed E-state index contributed by atoms with van der Waals surface area (Å²) in [5.41, 5.74) is 0. The van der Waals surface area contributed by atoms with Crippen LogP contribution in [0, 0.1) is 11.8 Å². The highest BCUT2D eigenvalue weighted by molar-refractivity contribution is 4.84. The average Bonchev–Trinajstić information content (AvgIpc) is 2.44. The Hall–Kier alpha value is -0.0800. The van der Waals surface area contributed by atoms with Crippen molar-refractivity contribution in [3.8, 4) is 0 Å². The van der Waals surface area contributed by atoms with Gasteiger partial charge in [0.25, 0.3) is 0 Å². The smallest absolute Gasteiger partial charge is 0.0221 e. The van der Waals surface area contributed by atoms with Gasteiger partial charge in [-0.1, -0.05) is 26.2 Å². The molecule has 14 heavy (non-hydrogen) atoms. The molecule has 1 aliphatic heterocycles. The largest absolute Gasteiger partial charge is 0.314 e. The highest BCUT2D eigenvalue weighted by Gasteiger charge is 2.25. The maximum absolute atomic E-state index is 3.67. The van der Waals surface area contributed by atoms with Gasteiger partial charge in [-0.25, -0.2) is 0 Å². The molecule has 2 aliphatic rings. The normalized spacial score (nSPS) is 40.5. The second-order valence-corrected chi connectivity index (χ2v) is 5.14. The van der Waals surface area contributed by atoms with Gasteiger partial charge < -0.3 is 10.6 Å². The number of hydrogen-bond acceptors (Lipinski definition) is 2. The van der Waals surface area contributed by atoms with Gasteiger partial charge in [0, 0.05) is 25.7 Å². The molecule has 0 amide bonds. The van der Waals surface area contributed by atoms with Crippen molar-refractivity contribution in [2.45, 2.75) is 45.1 Å². The zero-order valence-electron chi connectivity index (χ0n) is 9.39. The fourth-order valence-electron chi connectivity index (χ4n) is 2.93. The molecule has 0 aromatic rings. The van der Waals surface area contributed by atoms with E-state index in [9.17, 15) is 0 Å². The molecular formula is C12H24N2. The van der Waals surface area contributed by atoms with Crippen LogP contribution < -0.4 is 10.6 Å². The summed E-state index contributed by atoms with van der Waals surface area (Å²) in [5, 5.41) is 7.17. The Labute approximate surface area is 87.8 Å². The molecule has 1 heterocycles. The third-order valence-electron chi connectivity index (χ3n) is 3.94. The average molecular weight is 196 g/mol. The second kappa shape index (κ2) is 5.13. The highest BCUT2D eigenvalue weighted by atomic mass is 15.1. The lowest BCUT2D eigenvalue weighted by Crippen LogP contribution is -2.51. The van der Waals surface area contributed by atoms with E-state index in [1.807, 2.05) is 0 Å². The molecule has 2 nitrogen and oxygen atoms in total. The molecule has 0 spiro atoms. The lowest BCUT2D eigenvalue weighted by molar-refractivity contribution is 0.282. The molecule has 2 fully saturated rings. The Morgan fingerprint density at radius 3 is 2.71 bits per heavy atom. The molecule has 2 rings (SSSR count). The van der Waals surface area contributed by atoms with E-state index in [1.54, 1.807) is 0 Å². The predicted molar refractivity (Wildman–Crippen MR) is 60.4 cm³/mol. The second-order valence-electron chi connectivity index (χ2n) is 5.14. The zero-order chi connectivity index (χ0) is 9.80. The van der Waals surface area contributed by atoms with E-state index in [4.69, 9.17) is 0 Å². The Bertz CT molecular complexity index is 164. The third-order valence-corrected chi connectivity index (χ3v) is 3.94. The van der Waals surface area contributed by atoms with Crippen molar-refractivity contribution >= 4 is 0 Å². The summed E-state index contributed by atoms with van der Waals surface area (Å²) in [7, 11) is 0. The van der Waals surface area contributed by atoms with Gasteiger partial charge in [-0.3, -0.25) is 0 Å². The first-order chi connectivity index (χ1) is 6.86. The van der Waals surface area contributed by atoms with Gasteiger partial charge >= 0.3 is 0 Å². The van der Waals surface area contributed by atoms with E-state index in [-0.39, 0.29) is 0 Å². The first kappa shape index (κ1) is 10.4. The molecule has 3 atom stereocenters. The van der Waals surface area contributed by atoms with E-state index in [0.717, 1.165) is 31.0 Å². The van der Waals surface area contributed by atoms with E-state index < -0.39 is 0 Å². The van der Waals surface area contributed by atoms with Crippen molar-refractivity contribution in [2.24, 2.45) is 11.8 Å². The Kier molecular flexibility index (Phi) is 3.82. The third kappa shape index (κ3) is 2.71. The maximum Gasteiger partial charge on any atom is 0.0221 e. The lowest BCUT2D eigenvalue weighted by Gasteiger charge is -2.31. The van der Waals surface area contributed by atoms with Crippen molar-refractivity contribution in [3.63, 3.8) is 0 Å². The van der Waals surface area contributed by atoms with Crippen LogP contribution in [0.4, 0.5) is 0 Å². The van der Waals surface area contributed by atoms with Crippen molar-refractivity contribution in [2.75, 3.05) is 19.6 Å². The van der Waals surface area contributed by atoms with Crippen LogP contribution in [-0.4, -0.2) is 25.7 Å². The summed E-state index contributed by atoms with van der Waals surface area (Å²) in [6.07, 6.45) is 7.24. The summed E-state index contributed by atoms with van der Waals surface area (Å²) in [6.45, 7) is 5.92. The first-order valence-electron chi connectivity index (χ1n) is 6.30. The molecule has 3 unspecified atom stereocenters. The summed E-state index contributed by atoms with van der Waals surface area (Å²) >= 11 is 0. The van der Waals surface area contributed by atoms with Crippen LogP contribution >= 0.6 is 0 Å². The topological polar surface area (TPSA) is 24.1 Å². The number of piperazine rings is 1. The summed E-state index contributed by atoms with van der Waals surface area (Å²) < 4.78 is 0. The van der Waals surface area contributed by atoms with Crippen LogP contribution in [0.25, 0.3) is 0 Å². The molecule has 0 radical (unpaired) electrons. The molecule has 2 N–H and O–H groups in total. The van der Waals surface area contributed by atoms with Gasteiger partial charge in [0.05, 0.1) is 0 Å². The molecule has 1 aliphatic carbocycles.